The molecule has 1 aromatic rings. The summed E-state index contributed by atoms with van der Waals surface area (Å²) < 4.78 is 23.5. The number of anilines is 1. The molecule has 1 heterocycles. The maximum absolute atomic E-state index is 11.8. The zero-order valence-corrected chi connectivity index (χ0v) is 11.2. The van der Waals surface area contributed by atoms with Crippen LogP contribution in [0.25, 0.3) is 0 Å². The van der Waals surface area contributed by atoms with Crippen LogP contribution in [0.3, 0.4) is 0 Å². The summed E-state index contributed by atoms with van der Waals surface area (Å²) in [6.45, 7) is 1.41. The van der Waals surface area contributed by atoms with Crippen molar-refractivity contribution in [3.8, 4) is 0 Å². The molecule has 0 amide bonds. The van der Waals surface area contributed by atoms with Crippen molar-refractivity contribution >= 4 is 21.8 Å². The van der Waals surface area contributed by atoms with Gasteiger partial charge in [-0.25, -0.2) is 8.42 Å². The molecular formula is C13H17NO3S. The third-order valence-corrected chi connectivity index (χ3v) is 4.40. The van der Waals surface area contributed by atoms with Gasteiger partial charge in [-0.2, -0.15) is 0 Å². The van der Waals surface area contributed by atoms with Gasteiger partial charge in [0.1, 0.15) is 6.29 Å². The molecular weight excluding hydrogens is 250 g/mol. The smallest absolute Gasteiger partial charge is 0.177 e. The number of carbonyl (C=O) groups excluding carboxylic acids is 1. The molecule has 0 spiro atoms. The van der Waals surface area contributed by atoms with E-state index in [1.54, 1.807) is 12.1 Å². The summed E-state index contributed by atoms with van der Waals surface area (Å²) >= 11 is 0. The van der Waals surface area contributed by atoms with Crippen molar-refractivity contribution in [3.05, 3.63) is 24.3 Å². The van der Waals surface area contributed by atoms with Gasteiger partial charge in [0.25, 0.3) is 0 Å². The van der Waals surface area contributed by atoms with Gasteiger partial charge in [0.2, 0.25) is 0 Å². The largest absolute Gasteiger partial charge is 0.370 e. The van der Waals surface area contributed by atoms with Crippen LogP contribution in [0.1, 0.15) is 12.8 Å². The number of rotatable bonds is 3. The van der Waals surface area contributed by atoms with Crippen molar-refractivity contribution in [2.75, 3.05) is 24.2 Å². The van der Waals surface area contributed by atoms with E-state index >= 15 is 0 Å². The van der Waals surface area contributed by atoms with Gasteiger partial charge in [-0.1, -0.05) is 12.1 Å². The van der Waals surface area contributed by atoms with E-state index in [0.717, 1.165) is 25.7 Å². The Balaban J connectivity index is 2.36. The van der Waals surface area contributed by atoms with Gasteiger partial charge >= 0.3 is 0 Å². The van der Waals surface area contributed by atoms with Crippen molar-refractivity contribution in [1.29, 1.82) is 0 Å². The van der Waals surface area contributed by atoms with Crippen molar-refractivity contribution < 1.29 is 13.2 Å². The number of benzene rings is 1. The Hall–Kier alpha value is -1.36. The molecule has 1 aliphatic rings. The van der Waals surface area contributed by atoms with Crippen LogP contribution in [0.2, 0.25) is 0 Å². The van der Waals surface area contributed by atoms with Gasteiger partial charge in [-0.05, 0) is 25.0 Å². The first-order valence-electron chi connectivity index (χ1n) is 6.01. The second kappa shape index (κ2) is 5.10. The average Bonchev–Trinajstić information content (AvgIpc) is 2.38. The van der Waals surface area contributed by atoms with Crippen molar-refractivity contribution in [3.63, 3.8) is 0 Å². The van der Waals surface area contributed by atoms with Crippen molar-refractivity contribution in [2.24, 2.45) is 5.92 Å². The fourth-order valence-electron chi connectivity index (χ4n) is 2.37. The van der Waals surface area contributed by atoms with E-state index in [9.17, 15) is 13.2 Å². The van der Waals surface area contributed by atoms with Gasteiger partial charge in [0, 0.05) is 25.3 Å². The molecule has 1 fully saturated rings. The van der Waals surface area contributed by atoms with Crippen LogP contribution in [-0.4, -0.2) is 34.0 Å². The number of hydrogen-bond acceptors (Lipinski definition) is 4. The summed E-state index contributed by atoms with van der Waals surface area (Å²) in [6.07, 6.45) is 3.99. The third kappa shape index (κ3) is 2.72. The summed E-state index contributed by atoms with van der Waals surface area (Å²) in [5.74, 6) is 0.00589. The maximum Gasteiger partial charge on any atom is 0.177 e. The number of nitrogens with zero attached hydrogens (tertiary/aromatic N) is 1. The molecule has 1 aliphatic heterocycles. The molecule has 1 saturated heterocycles. The Labute approximate surface area is 108 Å². The lowest BCUT2D eigenvalue weighted by Gasteiger charge is -2.33. The molecule has 2 rings (SSSR count). The Bertz CT molecular complexity index is 539. The van der Waals surface area contributed by atoms with Crippen molar-refractivity contribution in [2.45, 2.75) is 17.7 Å². The van der Waals surface area contributed by atoms with E-state index in [0.29, 0.717) is 17.1 Å². The number of piperidine rings is 1. The van der Waals surface area contributed by atoms with Crippen LogP contribution in [0.5, 0.6) is 0 Å². The Morgan fingerprint density at radius 1 is 1.33 bits per heavy atom. The molecule has 0 radical (unpaired) electrons. The van der Waals surface area contributed by atoms with Crippen LogP contribution < -0.4 is 4.90 Å². The van der Waals surface area contributed by atoms with Crippen LogP contribution >= 0.6 is 0 Å². The second-order valence-electron chi connectivity index (χ2n) is 4.72. The lowest BCUT2D eigenvalue weighted by molar-refractivity contribution is -0.111. The Morgan fingerprint density at radius 3 is 2.72 bits per heavy atom. The molecule has 0 N–H and O–H groups in total. The number of aldehydes is 1. The lowest BCUT2D eigenvalue weighted by atomic mass is 9.99. The van der Waals surface area contributed by atoms with Crippen LogP contribution in [0.15, 0.2) is 29.2 Å². The molecule has 0 bridgehead atoms. The number of hydrogen-bond donors (Lipinski definition) is 0. The van der Waals surface area contributed by atoms with E-state index in [1.165, 1.54) is 6.26 Å². The van der Waals surface area contributed by atoms with Crippen LogP contribution in [-0.2, 0) is 14.6 Å². The quantitative estimate of drug-likeness (QED) is 0.779. The summed E-state index contributed by atoms with van der Waals surface area (Å²) in [4.78, 5) is 13.2. The maximum atomic E-state index is 11.8. The predicted octanol–water partition coefficient (Wildman–Crippen LogP) is 1.51. The van der Waals surface area contributed by atoms with E-state index < -0.39 is 9.84 Å². The summed E-state index contributed by atoms with van der Waals surface area (Å²) in [5, 5.41) is 0. The SMILES string of the molecule is CS(=O)(=O)c1ccccc1N1CCCC(C=O)C1. The minimum atomic E-state index is -3.24. The molecule has 0 saturated carbocycles. The number of carbonyl (C=O) groups is 1. The highest BCUT2D eigenvalue weighted by Crippen LogP contribution is 2.28. The molecule has 98 valence electrons. The first-order valence-corrected chi connectivity index (χ1v) is 7.91. The highest BCUT2D eigenvalue weighted by Gasteiger charge is 2.23. The number of para-hydroxylation sites is 1. The van der Waals surface area contributed by atoms with Gasteiger partial charge in [-0.3, -0.25) is 0 Å². The first-order chi connectivity index (χ1) is 8.52. The molecule has 18 heavy (non-hydrogen) atoms. The summed E-state index contributed by atoms with van der Waals surface area (Å²) in [7, 11) is -3.24. The topological polar surface area (TPSA) is 54.5 Å². The number of sulfone groups is 1. The lowest BCUT2D eigenvalue weighted by Crippen LogP contribution is -2.36. The minimum Gasteiger partial charge on any atom is -0.370 e. The molecule has 4 nitrogen and oxygen atoms in total. The fraction of sp³-hybridized carbons (Fsp3) is 0.462. The highest BCUT2D eigenvalue weighted by molar-refractivity contribution is 7.90. The molecule has 0 aliphatic carbocycles. The van der Waals surface area contributed by atoms with E-state index in [4.69, 9.17) is 0 Å². The molecule has 1 aromatic carbocycles. The highest BCUT2D eigenvalue weighted by atomic mass is 32.2. The summed E-state index contributed by atoms with van der Waals surface area (Å²) in [6, 6.07) is 6.98. The van der Waals surface area contributed by atoms with E-state index in [1.807, 2.05) is 17.0 Å². The van der Waals surface area contributed by atoms with Crippen LogP contribution in [0, 0.1) is 5.92 Å². The van der Waals surface area contributed by atoms with E-state index in [2.05, 4.69) is 0 Å². The zero-order chi connectivity index (χ0) is 13.2. The van der Waals surface area contributed by atoms with Gasteiger partial charge in [0.05, 0.1) is 10.6 Å². The fourth-order valence-corrected chi connectivity index (χ4v) is 3.27. The van der Waals surface area contributed by atoms with Crippen molar-refractivity contribution in [1.82, 2.24) is 0 Å². The van der Waals surface area contributed by atoms with Gasteiger partial charge in [-0.15, -0.1) is 0 Å². The summed E-state index contributed by atoms with van der Waals surface area (Å²) in [5.41, 5.74) is 0.714. The average molecular weight is 267 g/mol. The first kappa shape index (κ1) is 13.1. The monoisotopic (exact) mass is 267 g/mol. The minimum absolute atomic E-state index is 0.00589. The Morgan fingerprint density at radius 2 is 2.06 bits per heavy atom. The Kier molecular flexibility index (Phi) is 3.71. The second-order valence-corrected chi connectivity index (χ2v) is 6.71. The standard InChI is InChI=1S/C13H17NO3S/c1-18(16,17)13-7-3-2-6-12(13)14-8-4-5-11(9-14)10-15/h2-3,6-7,10-11H,4-5,8-9H2,1H3. The van der Waals surface area contributed by atoms with Crippen LogP contribution in [0.4, 0.5) is 5.69 Å². The zero-order valence-electron chi connectivity index (χ0n) is 10.4. The molecule has 1 unspecified atom stereocenters. The molecule has 5 heteroatoms. The molecule has 1 atom stereocenters. The van der Waals surface area contributed by atoms with Gasteiger partial charge < -0.3 is 9.69 Å². The normalized spacial score (nSPS) is 20.7. The van der Waals surface area contributed by atoms with E-state index in [-0.39, 0.29) is 5.92 Å². The third-order valence-electron chi connectivity index (χ3n) is 3.26. The molecule has 0 aromatic heterocycles. The predicted molar refractivity (Wildman–Crippen MR) is 70.6 cm³/mol. The van der Waals surface area contributed by atoms with Gasteiger partial charge in [0.15, 0.2) is 9.84 Å².